The molecule has 2 aromatic rings. The topological polar surface area (TPSA) is 53.4 Å². The number of aromatic nitrogens is 1. The van der Waals surface area contributed by atoms with E-state index in [2.05, 4.69) is 4.98 Å². The maximum Gasteiger partial charge on any atom is 0.308 e. The molecule has 4 nitrogen and oxygen atoms in total. The Morgan fingerprint density at radius 2 is 2.35 bits per heavy atom. The highest BCUT2D eigenvalue weighted by atomic mass is 32.1. The number of fused-ring (bicyclic) bond motifs is 1. The van der Waals surface area contributed by atoms with E-state index < -0.39 is 5.97 Å². The second kappa shape index (κ2) is 4.71. The number of carbonyl (C=O) groups is 1. The number of pyridine rings is 1. The van der Waals surface area contributed by atoms with Gasteiger partial charge >= 0.3 is 5.97 Å². The molecule has 0 fully saturated rings. The van der Waals surface area contributed by atoms with Gasteiger partial charge in [-0.15, -0.1) is 11.3 Å². The molecule has 0 saturated heterocycles. The van der Waals surface area contributed by atoms with Crippen molar-refractivity contribution in [3.63, 3.8) is 0 Å². The second-order valence-electron chi connectivity index (χ2n) is 4.08. The molecule has 1 N–H and O–H groups in total. The fourth-order valence-corrected chi connectivity index (χ4v) is 2.67. The molecule has 0 aliphatic carbocycles. The first kappa shape index (κ1) is 11.9. The lowest BCUT2D eigenvalue weighted by molar-refractivity contribution is -0.140. The van der Waals surface area contributed by atoms with E-state index in [0.717, 1.165) is 15.9 Å². The van der Waals surface area contributed by atoms with Gasteiger partial charge in [-0.1, -0.05) is 6.92 Å². The molecule has 0 aliphatic rings. The molecule has 0 amide bonds. The molecule has 0 radical (unpaired) electrons. The first-order valence-electron chi connectivity index (χ1n) is 5.35. The molecular weight excluding hydrogens is 236 g/mol. The summed E-state index contributed by atoms with van der Waals surface area (Å²) in [7, 11) is 1.91. The van der Waals surface area contributed by atoms with E-state index in [1.54, 1.807) is 24.5 Å². The Balaban J connectivity index is 2.27. The van der Waals surface area contributed by atoms with Crippen molar-refractivity contribution in [1.29, 1.82) is 0 Å². The number of hydrogen-bond acceptors (Lipinski definition) is 4. The molecule has 1 unspecified atom stereocenters. The van der Waals surface area contributed by atoms with Crippen molar-refractivity contribution in [2.45, 2.75) is 6.92 Å². The highest BCUT2D eigenvalue weighted by molar-refractivity contribution is 7.17. The maximum atomic E-state index is 10.8. The molecule has 0 saturated carbocycles. The summed E-state index contributed by atoms with van der Waals surface area (Å²) >= 11 is 1.63. The number of anilines is 1. The smallest absolute Gasteiger partial charge is 0.308 e. The number of nitrogens with zero attached hydrogens (tertiary/aromatic N) is 2. The largest absolute Gasteiger partial charge is 0.481 e. The molecule has 2 heterocycles. The van der Waals surface area contributed by atoms with E-state index in [1.165, 1.54) is 0 Å². The Morgan fingerprint density at radius 1 is 1.59 bits per heavy atom. The van der Waals surface area contributed by atoms with Crippen LogP contribution in [0.4, 0.5) is 5.69 Å². The van der Waals surface area contributed by atoms with Crippen molar-refractivity contribution >= 4 is 33.2 Å². The highest BCUT2D eigenvalue weighted by Gasteiger charge is 2.15. The molecule has 0 aliphatic heterocycles. The van der Waals surface area contributed by atoms with Crippen LogP contribution in [-0.4, -0.2) is 29.7 Å². The van der Waals surface area contributed by atoms with Gasteiger partial charge in [-0.05, 0) is 17.5 Å². The van der Waals surface area contributed by atoms with Crippen LogP contribution < -0.4 is 4.90 Å². The molecular formula is C12H14N2O2S. The number of carboxylic acid groups (broad SMARTS) is 1. The average molecular weight is 250 g/mol. The van der Waals surface area contributed by atoms with Crippen LogP contribution in [0.25, 0.3) is 10.2 Å². The van der Waals surface area contributed by atoms with Crippen molar-refractivity contribution in [3.05, 3.63) is 23.7 Å². The Hall–Kier alpha value is -1.62. The fraction of sp³-hybridized carbons (Fsp3) is 0.333. The third-order valence-corrected chi connectivity index (χ3v) is 3.63. The van der Waals surface area contributed by atoms with E-state index >= 15 is 0 Å². The zero-order valence-corrected chi connectivity index (χ0v) is 10.6. The van der Waals surface area contributed by atoms with E-state index in [-0.39, 0.29) is 5.92 Å². The lowest BCUT2D eigenvalue weighted by atomic mass is 10.1. The average Bonchev–Trinajstić information content (AvgIpc) is 2.76. The molecule has 5 heteroatoms. The van der Waals surface area contributed by atoms with Crippen molar-refractivity contribution in [2.75, 3.05) is 18.5 Å². The molecule has 0 bridgehead atoms. The van der Waals surface area contributed by atoms with Crippen molar-refractivity contribution < 1.29 is 9.90 Å². The minimum atomic E-state index is -0.770. The minimum absolute atomic E-state index is 0.386. The monoisotopic (exact) mass is 250 g/mol. The number of aliphatic carboxylic acids is 1. The lowest BCUT2D eigenvalue weighted by Crippen LogP contribution is -2.28. The normalized spacial score (nSPS) is 12.6. The predicted octanol–water partition coefficient (Wildman–Crippen LogP) is 2.45. The van der Waals surface area contributed by atoms with Crippen LogP contribution in [-0.2, 0) is 4.79 Å². The van der Waals surface area contributed by atoms with Crippen molar-refractivity contribution in [1.82, 2.24) is 4.98 Å². The number of hydrogen-bond donors (Lipinski definition) is 1. The summed E-state index contributed by atoms with van der Waals surface area (Å²) < 4.78 is 1.10. The lowest BCUT2D eigenvalue weighted by Gasteiger charge is -2.21. The fourth-order valence-electron chi connectivity index (χ4n) is 1.75. The van der Waals surface area contributed by atoms with Gasteiger partial charge in [0.15, 0.2) is 0 Å². The van der Waals surface area contributed by atoms with Crippen LogP contribution in [0.3, 0.4) is 0 Å². The third kappa shape index (κ3) is 2.39. The Kier molecular flexibility index (Phi) is 3.28. The zero-order valence-electron chi connectivity index (χ0n) is 9.75. The van der Waals surface area contributed by atoms with Gasteiger partial charge in [0.05, 0.1) is 21.8 Å². The first-order valence-corrected chi connectivity index (χ1v) is 6.23. The van der Waals surface area contributed by atoms with Gasteiger partial charge in [0, 0.05) is 19.8 Å². The minimum Gasteiger partial charge on any atom is -0.481 e. The van der Waals surface area contributed by atoms with Gasteiger partial charge in [-0.2, -0.15) is 0 Å². The van der Waals surface area contributed by atoms with Gasteiger partial charge in [-0.3, -0.25) is 9.78 Å². The Labute approximate surface area is 104 Å². The zero-order chi connectivity index (χ0) is 12.4. The van der Waals surface area contributed by atoms with Gasteiger partial charge < -0.3 is 10.0 Å². The SMILES string of the molecule is CC(CN(C)c1ccnc2ccsc12)C(=O)O. The molecule has 0 aromatic carbocycles. The summed E-state index contributed by atoms with van der Waals surface area (Å²) in [6.45, 7) is 2.21. The number of rotatable bonds is 4. The summed E-state index contributed by atoms with van der Waals surface area (Å²) in [4.78, 5) is 17.1. The molecule has 90 valence electrons. The van der Waals surface area contributed by atoms with Crippen molar-refractivity contribution in [2.24, 2.45) is 5.92 Å². The van der Waals surface area contributed by atoms with E-state index in [4.69, 9.17) is 5.11 Å². The Bertz CT molecular complexity index is 538. The van der Waals surface area contributed by atoms with Crippen LogP contribution in [0.1, 0.15) is 6.92 Å². The molecule has 2 aromatic heterocycles. The summed E-state index contributed by atoms with van der Waals surface area (Å²) in [5, 5.41) is 10.9. The maximum absolute atomic E-state index is 10.8. The van der Waals surface area contributed by atoms with E-state index in [1.807, 2.05) is 29.5 Å². The predicted molar refractivity (Wildman–Crippen MR) is 69.7 cm³/mol. The molecule has 2 rings (SSSR count). The van der Waals surface area contributed by atoms with E-state index in [9.17, 15) is 4.79 Å². The standard InChI is InChI=1S/C12H14N2O2S/c1-8(12(15)16)7-14(2)10-3-5-13-9-4-6-17-11(9)10/h3-6,8H,7H2,1-2H3,(H,15,16). The summed E-state index contributed by atoms with van der Waals surface area (Å²) in [5.41, 5.74) is 2.00. The third-order valence-electron chi connectivity index (χ3n) is 2.70. The van der Waals surface area contributed by atoms with Crippen LogP contribution >= 0.6 is 11.3 Å². The number of thiophene rings is 1. The van der Waals surface area contributed by atoms with Crippen LogP contribution in [0.2, 0.25) is 0 Å². The second-order valence-corrected chi connectivity index (χ2v) is 5.00. The highest BCUT2D eigenvalue weighted by Crippen LogP contribution is 2.29. The first-order chi connectivity index (χ1) is 8.09. The Morgan fingerprint density at radius 3 is 3.06 bits per heavy atom. The molecule has 0 spiro atoms. The van der Waals surface area contributed by atoms with Gasteiger partial charge in [-0.25, -0.2) is 0 Å². The van der Waals surface area contributed by atoms with Crippen LogP contribution in [0, 0.1) is 5.92 Å². The summed E-state index contributed by atoms with van der Waals surface area (Å²) in [6, 6.07) is 3.89. The van der Waals surface area contributed by atoms with Gasteiger partial charge in [0.2, 0.25) is 0 Å². The van der Waals surface area contributed by atoms with Crippen LogP contribution in [0.5, 0.6) is 0 Å². The molecule has 1 atom stereocenters. The molecule has 17 heavy (non-hydrogen) atoms. The van der Waals surface area contributed by atoms with Gasteiger partial charge in [0.25, 0.3) is 0 Å². The van der Waals surface area contributed by atoms with Crippen LogP contribution in [0.15, 0.2) is 23.7 Å². The summed E-state index contributed by atoms with van der Waals surface area (Å²) in [6.07, 6.45) is 1.76. The van der Waals surface area contributed by atoms with E-state index in [0.29, 0.717) is 6.54 Å². The van der Waals surface area contributed by atoms with Crippen molar-refractivity contribution in [3.8, 4) is 0 Å². The van der Waals surface area contributed by atoms with Gasteiger partial charge in [0.1, 0.15) is 0 Å². The summed E-state index contributed by atoms with van der Waals surface area (Å²) in [5.74, 6) is -1.16. The quantitative estimate of drug-likeness (QED) is 0.905. The number of carboxylic acids is 1.